The summed E-state index contributed by atoms with van der Waals surface area (Å²) >= 11 is 0. The summed E-state index contributed by atoms with van der Waals surface area (Å²) in [4.78, 5) is 12.1. The number of nitriles is 1. The van der Waals surface area contributed by atoms with Crippen molar-refractivity contribution in [3.8, 4) is 6.07 Å². The maximum atomic E-state index is 12.1. The Hall–Kier alpha value is -1.82. The van der Waals surface area contributed by atoms with E-state index in [2.05, 4.69) is 11.4 Å². The van der Waals surface area contributed by atoms with Crippen LogP contribution in [-0.4, -0.2) is 5.91 Å². The molecule has 0 radical (unpaired) electrons. The third-order valence-electron chi connectivity index (χ3n) is 3.99. The Bertz CT molecular complexity index is 522. The molecule has 1 aromatic rings. The van der Waals surface area contributed by atoms with Gasteiger partial charge in [0.2, 0.25) is 0 Å². The Morgan fingerprint density at radius 3 is 2.71 bits per heavy atom. The van der Waals surface area contributed by atoms with Gasteiger partial charge in [-0.3, -0.25) is 4.79 Å². The summed E-state index contributed by atoms with van der Waals surface area (Å²) in [6, 6.07) is 7.72. The number of rotatable bonds is 0. The second-order valence-electron chi connectivity index (χ2n) is 4.94. The van der Waals surface area contributed by atoms with E-state index in [9.17, 15) is 4.79 Å². The minimum Gasteiger partial charge on any atom is -0.342 e. The van der Waals surface area contributed by atoms with E-state index in [1.165, 1.54) is 6.42 Å². The van der Waals surface area contributed by atoms with Crippen molar-refractivity contribution < 1.29 is 4.79 Å². The lowest BCUT2D eigenvalue weighted by Gasteiger charge is -2.34. The lowest BCUT2D eigenvalue weighted by Crippen LogP contribution is -2.40. The Morgan fingerprint density at radius 2 is 2.00 bits per heavy atom. The van der Waals surface area contributed by atoms with E-state index in [0.717, 1.165) is 31.2 Å². The number of nitrogens with zero attached hydrogens (tertiary/aromatic N) is 1. The van der Waals surface area contributed by atoms with E-state index in [0.29, 0.717) is 11.1 Å². The van der Waals surface area contributed by atoms with Crippen molar-refractivity contribution in [2.45, 2.75) is 37.6 Å². The summed E-state index contributed by atoms with van der Waals surface area (Å²) in [5.41, 5.74) is 1.97. The highest BCUT2D eigenvalue weighted by atomic mass is 16.2. The molecule has 1 spiro atoms. The zero-order chi connectivity index (χ0) is 11.9. The van der Waals surface area contributed by atoms with E-state index in [4.69, 9.17) is 5.26 Å². The molecule has 0 bridgehead atoms. The van der Waals surface area contributed by atoms with Crippen molar-refractivity contribution in [3.05, 3.63) is 34.9 Å². The molecule has 0 atom stereocenters. The van der Waals surface area contributed by atoms with E-state index >= 15 is 0 Å². The van der Waals surface area contributed by atoms with Crippen LogP contribution in [0.3, 0.4) is 0 Å². The van der Waals surface area contributed by atoms with Crippen LogP contribution < -0.4 is 5.32 Å². The number of carbonyl (C=O) groups excluding carboxylic acids is 1. The zero-order valence-electron chi connectivity index (χ0n) is 9.62. The largest absolute Gasteiger partial charge is 0.342 e. The fourth-order valence-corrected chi connectivity index (χ4v) is 3.19. The average molecular weight is 226 g/mol. The smallest absolute Gasteiger partial charge is 0.253 e. The van der Waals surface area contributed by atoms with Gasteiger partial charge in [-0.25, -0.2) is 0 Å². The zero-order valence-corrected chi connectivity index (χ0v) is 9.62. The normalized spacial score (nSPS) is 20.8. The molecule has 1 aliphatic carbocycles. The van der Waals surface area contributed by atoms with Crippen molar-refractivity contribution in [2.75, 3.05) is 0 Å². The summed E-state index contributed by atoms with van der Waals surface area (Å²) < 4.78 is 0. The molecular weight excluding hydrogens is 212 g/mol. The summed E-state index contributed by atoms with van der Waals surface area (Å²) in [5, 5.41) is 12.2. The van der Waals surface area contributed by atoms with Crippen molar-refractivity contribution in [1.29, 1.82) is 5.26 Å². The van der Waals surface area contributed by atoms with Crippen molar-refractivity contribution in [1.82, 2.24) is 5.32 Å². The second-order valence-corrected chi connectivity index (χ2v) is 4.94. The number of hydrogen-bond donors (Lipinski definition) is 1. The number of nitrogens with one attached hydrogen (secondary N) is 1. The van der Waals surface area contributed by atoms with Crippen LogP contribution in [0, 0.1) is 11.3 Å². The van der Waals surface area contributed by atoms with Crippen LogP contribution in [0.4, 0.5) is 0 Å². The molecule has 2 aliphatic rings. The lowest BCUT2D eigenvalue weighted by atomic mass is 9.77. The van der Waals surface area contributed by atoms with Crippen LogP contribution in [0.2, 0.25) is 0 Å². The van der Waals surface area contributed by atoms with Gasteiger partial charge in [0.15, 0.2) is 0 Å². The van der Waals surface area contributed by atoms with Crippen LogP contribution in [0.25, 0.3) is 0 Å². The highest BCUT2D eigenvalue weighted by Gasteiger charge is 2.44. The van der Waals surface area contributed by atoms with E-state index in [-0.39, 0.29) is 11.4 Å². The Balaban J connectivity index is 2.17. The highest BCUT2D eigenvalue weighted by molar-refractivity contribution is 6.02. The highest BCUT2D eigenvalue weighted by Crippen LogP contribution is 2.43. The van der Waals surface area contributed by atoms with Gasteiger partial charge in [0.25, 0.3) is 5.91 Å². The van der Waals surface area contributed by atoms with E-state index < -0.39 is 0 Å². The maximum Gasteiger partial charge on any atom is 0.253 e. The molecule has 1 aromatic carbocycles. The fraction of sp³-hybridized carbons (Fsp3) is 0.429. The molecule has 3 nitrogen and oxygen atoms in total. The molecule has 0 aromatic heterocycles. The summed E-state index contributed by atoms with van der Waals surface area (Å²) in [6.07, 6.45) is 5.54. The molecule has 1 heterocycles. The van der Waals surface area contributed by atoms with Crippen LogP contribution >= 0.6 is 0 Å². The van der Waals surface area contributed by atoms with Gasteiger partial charge in [-0.1, -0.05) is 31.4 Å². The van der Waals surface area contributed by atoms with Crippen molar-refractivity contribution in [2.24, 2.45) is 0 Å². The molecule has 1 N–H and O–H groups in total. The van der Waals surface area contributed by atoms with Crippen LogP contribution in [0.5, 0.6) is 0 Å². The van der Waals surface area contributed by atoms with Crippen molar-refractivity contribution >= 4 is 5.91 Å². The molecule has 0 unspecified atom stereocenters. The summed E-state index contributed by atoms with van der Waals surface area (Å²) in [5.74, 6) is -0.0703. The summed E-state index contributed by atoms with van der Waals surface area (Å²) in [6.45, 7) is 0. The second kappa shape index (κ2) is 3.59. The topological polar surface area (TPSA) is 52.9 Å². The first-order valence-electron chi connectivity index (χ1n) is 6.13. The number of fused-ring (bicyclic) bond motifs is 2. The lowest BCUT2D eigenvalue weighted by molar-refractivity contribution is 0.0909. The molecule has 1 fully saturated rings. The number of benzene rings is 1. The van der Waals surface area contributed by atoms with Crippen LogP contribution in [0.1, 0.15) is 53.6 Å². The number of amides is 1. The third kappa shape index (κ3) is 1.37. The Morgan fingerprint density at radius 1 is 1.24 bits per heavy atom. The molecule has 3 rings (SSSR count). The van der Waals surface area contributed by atoms with Gasteiger partial charge < -0.3 is 5.32 Å². The fourth-order valence-electron chi connectivity index (χ4n) is 3.19. The predicted octanol–water partition coefficient (Wildman–Crippen LogP) is 2.46. The maximum absolute atomic E-state index is 12.1. The first kappa shape index (κ1) is 10.3. The van der Waals surface area contributed by atoms with Gasteiger partial charge in [0, 0.05) is 0 Å². The first-order chi connectivity index (χ1) is 8.27. The first-order valence-corrected chi connectivity index (χ1v) is 6.13. The molecule has 0 saturated heterocycles. The molecule has 86 valence electrons. The monoisotopic (exact) mass is 226 g/mol. The Kier molecular flexibility index (Phi) is 2.19. The number of carbonyl (C=O) groups is 1. The minimum atomic E-state index is -0.183. The molecule has 1 saturated carbocycles. The van der Waals surface area contributed by atoms with Gasteiger partial charge in [-0.05, 0) is 24.5 Å². The molecule has 1 aliphatic heterocycles. The average Bonchev–Trinajstić information content (AvgIpc) is 2.64. The molecule has 17 heavy (non-hydrogen) atoms. The Labute approximate surface area is 100 Å². The van der Waals surface area contributed by atoms with Gasteiger partial charge in [-0.15, -0.1) is 0 Å². The van der Waals surface area contributed by atoms with E-state index in [1.807, 2.05) is 12.1 Å². The SMILES string of the molecule is N#Cc1cccc2c1C(=O)NC21CCCCC1. The van der Waals surface area contributed by atoms with Gasteiger partial charge in [0.1, 0.15) is 0 Å². The predicted molar refractivity (Wildman–Crippen MR) is 63.4 cm³/mol. The van der Waals surface area contributed by atoms with Gasteiger partial charge >= 0.3 is 0 Å². The third-order valence-corrected chi connectivity index (χ3v) is 3.99. The van der Waals surface area contributed by atoms with Crippen LogP contribution in [-0.2, 0) is 5.54 Å². The van der Waals surface area contributed by atoms with Gasteiger partial charge in [0.05, 0.1) is 22.7 Å². The van der Waals surface area contributed by atoms with Crippen molar-refractivity contribution in [3.63, 3.8) is 0 Å². The molecule has 3 heteroatoms. The van der Waals surface area contributed by atoms with Crippen LogP contribution in [0.15, 0.2) is 18.2 Å². The van der Waals surface area contributed by atoms with Gasteiger partial charge in [-0.2, -0.15) is 5.26 Å². The number of hydrogen-bond acceptors (Lipinski definition) is 2. The standard InChI is InChI=1S/C14H14N2O/c15-9-10-5-4-6-11-12(10)13(17)16-14(11)7-2-1-3-8-14/h4-6H,1-3,7-8H2,(H,16,17). The molecular formula is C14H14N2O. The minimum absolute atomic E-state index is 0.0703. The van der Waals surface area contributed by atoms with E-state index in [1.54, 1.807) is 6.07 Å². The summed E-state index contributed by atoms with van der Waals surface area (Å²) in [7, 11) is 0. The quantitative estimate of drug-likeness (QED) is 0.738. The molecule has 1 amide bonds.